The lowest BCUT2D eigenvalue weighted by Crippen LogP contribution is -2.37. The number of methoxy groups -OCH3 is 1. The van der Waals surface area contributed by atoms with Crippen LogP contribution in [0.4, 0.5) is 13.2 Å². The second-order valence-corrected chi connectivity index (χ2v) is 6.55. The Kier molecular flexibility index (Phi) is 5.73. The maximum absolute atomic E-state index is 12.7. The molecule has 0 spiro atoms. The smallest absolute Gasteiger partial charge is 0.416 e. The first kappa shape index (κ1) is 19.9. The summed E-state index contributed by atoms with van der Waals surface area (Å²) >= 11 is 0. The number of esters is 1. The van der Waals surface area contributed by atoms with Crippen LogP contribution in [0, 0.1) is 0 Å². The molecule has 28 heavy (non-hydrogen) atoms. The van der Waals surface area contributed by atoms with Crippen LogP contribution in [0.2, 0.25) is 0 Å². The molecule has 2 heterocycles. The third-order valence-corrected chi connectivity index (χ3v) is 4.62. The lowest BCUT2D eigenvalue weighted by Gasteiger charge is -2.22. The SMILES string of the molecule is COC(=O)[C@@H]1C[C@H](NC(=O)c2ccco2)CN1Cc1ccc(C(F)(F)F)cc1. The van der Waals surface area contributed by atoms with E-state index in [4.69, 9.17) is 9.15 Å². The molecule has 0 radical (unpaired) electrons. The van der Waals surface area contributed by atoms with Crippen LogP contribution >= 0.6 is 0 Å². The lowest BCUT2D eigenvalue weighted by molar-refractivity contribution is -0.146. The molecule has 1 amide bonds. The Bertz CT molecular complexity index is 819. The number of rotatable bonds is 5. The Morgan fingerprint density at radius 3 is 2.54 bits per heavy atom. The summed E-state index contributed by atoms with van der Waals surface area (Å²) in [5.41, 5.74) is -0.106. The van der Waals surface area contributed by atoms with Gasteiger partial charge < -0.3 is 14.5 Å². The highest BCUT2D eigenvalue weighted by atomic mass is 19.4. The molecule has 6 nitrogen and oxygen atoms in total. The maximum Gasteiger partial charge on any atom is 0.416 e. The van der Waals surface area contributed by atoms with Gasteiger partial charge in [-0.1, -0.05) is 12.1 Å². The Hall–Kier alpha value is -2.81. The molecule has 0 aliphatic carbocycles. The van der Waals surface area contributed by atoms with Gasteiger partial charge in [-0.15, -0.1) is 0 Å². The van der Waals surface area contributed by atoms with Crippen molar-refractivity contribution in [2.75, 3.05) is 13.7 Å². The minimum absolute atomic E-state index is 0.163. The monoisotopic (exact) mass is 396 g/mol. The van der Waals surface area contributed by atoms with Gasteiger partial charge in [-0.2, -0.15) is 13.2 Å². The fourth-order valence-electron chi connectivity index (χ4n) is 3.26. The van der Waals surface area contributed by atoms with E-state index in [2.05, 4.69) is 5.32 Å². The number of halogens is 3. The topological polar surface area (TPSA) is 71.8 Å². The van der Waals surface area contributed by atoms with Gasteiger partial charge in [0, 0.05) is 19.1 Å². The van der Waals surface area contributed by atoms with Gasteiger partial charge in [0.15, 0.2) is 5.76 Å². The molecule has 3 rings (SSSR count). The standard InChI is InChI=1S/C19H19F3N2O4/c1-27-18(26)15-9-14(23-17(25)16-3-2-8-28-16)11-24(15)10-12-4-6-13(7-5-12)19(20,21)22/h2-8,14-15H,9-11H2,1H3,(H,23,25)/t14-,15-/m0/s1. The summed E-state index contributed by atoms with van der Waals surface area (Å²) in [5, 5.41) is 2.80. The van der Waals surface area contributed by atoms with Crippen LogP contribution in [0.1, 0.15) is 28.1 Å². The van der Waals surface area contributed by atoms with Crippen LogP contribution in [0.25, 0.3) is 0 Å². The van der Waals surface area contributed by atoms with Crippen LogP contribution in [0.5, 0.6) is 0 Å². The van der Waals surface area contributed by atoms with Gasteiger partial charge in [0.25, 0.3) is 5.91 Å². The first-order valence-corrected chi connectivity index (χ1v) is 8.60. The molecule has 2 aromatic rings. The fraction of sp³-hybridized carbons (Fsp3) is 0.368. The Morgan fingerprint density at radius 1 is 1.25 bits per heavy atom. The number of hydrogen-bond donors (Lipinski definition) is 1. The van der Waals surface area contributed by atoms with E-state index in [1.807, 2.05) is 0 Å². The molecular formula is C19H19F3N2O4. The van der Waals surface area contributed by atoms with Crippen molar-refractivity contribution in [3.63, 3.8) is 0 Å². The van der Waals surface area contributed by atoms with Crippen LogP contribution in [0.3, 0.4) is 0 Å². The van der Waals surface area contributed by atoms with Crippen LogP contribution in [-0.2, 0) is 22.3 Å². The van der Waals surface area contributed by atoms with E-state index in [1.54, 1.807) is 11.0 Å². The van der Waals surface area contributed by atoms with E-state index in [1.165, 1.54) is 31.6 Å². The van der Waals surface area contributed by atoms with E-state index >= 15 is 0 Å². The molecule has 0 bridgehead atoms. The first-order valence-electron chi connectivity index (χ1n) is 8.60. The zero-order valence-corrected chi connectivity index (χ0v) is 15.0. The predicted octanol–water partition coefficient (Wildman–Crippen LogP) is 2.84. The number of nitrogens with zero attached hydrogens (tertiary/aromatic N) is 1. The van der Waals surface area contributed by atoms with Crippen molar-refractivity contribution in [2.45, 2.75) is 31.2 Å². The maximum atomic E-state index is 12.7. The molecule has 150 valence electrons. The second kappa shape index (κ2) is 8.05. The molecule has 1 aliphatic heterocycles. The second-order valence-electron chi connectivity index (χ2n) is 6.55. The van der Waals surface area contributed by atoms with Gasteiger partial charge in [0.2, 0.25) is 0 Å². The molecule has 1 aromatic carbocycles. The summed E-state index contributed by atoms with van der Waals surface area (Å²) in [6.45, 7) is 0.609. The minimum Gasteiger partial charge on any atom is -0.468 e. The number of furan rings is 1. The highest BCUT2D eigenvalue weighted by molar-refractivity contribution is 5.91. The highest BCUT2D eigenvalue weighted by Gasteiger charge is 2.38. The molecular weight excluding hydrogens is 377 g/mol. The van der Waals surface area contributed by atoms with Crippen LogP contribution in [-0.4, -0.2) is 42.5 Å². The summed E-state index contributed by atoms with van der Waals surface area (Å²) in [4.78, 5) is 26.1. The van der Waals surface area contributed by atoms with E-state index in [9.17, 15) is 22.8 Å². The van der Waals surface area contributed by atoms with Gasteiger partial charge in [-0.3, -0.25) is 14.5 Å². The summed E-state index contributed by atoms with van der Waals surface area (Å²) < 4.78 is 48.0. The molecule has 9 heteroatoms. The van der Waals surface area contributed by atoms with Crippen molar-refractivity contribution in [1.82, 2.24) is 10.2 Å². The third kappa shape index (κ3) is 4.53. The van der Waals surface area contributed by atoms with E-state index < -0.39 is 29.7 Å². The molecule has 1 saturated heterocycles. The molecule has 1 aliphatic rings. The van der Waals surface area contributed by atoms with Gasteiger partial charge in [0.1, 0.15) is 6.04 Å². The van der Waals surface area contributed by atoms with E-state index in [0.29, 0.717) is 18.5 Å². The largest absolute Gasteiger partial charge is 0.468 e. The number of amides is 1. The highest BCUT2D eigenvalue weighted by Crippen LogP contribution is 2.30. The summed E-state index contributed by atoms with van der Waals surface area (Å²) in [6, 6.07) is 6.98. The minimum atomic E-state index is -4.40. The average Bonchev–Trinajstić information content (AvgIpc) is 3.31. The molecule has 2 atom stereocenters. The number of carbonyl (C=O) groups excluding carboxylic acids is 2. The number of alkyl halides is 3. The van der Waals surface area contributed by atoms with Crippen molar-refractivity contribution in [3.05, 3.63) is 59.5 Å². The first-order chi connectivity index (χ1) is 13.3. The number of ether oxygens (including phenoxy) is 1. The quantitative estimate of drug-likeness (QED) is 0.787. The Labute approximate surface area is 159 Å². The van der Waals surface area contributed by atoms with Crippen LogP contribution < -0.4 is 5.32 Å². The van der Waals surface area contributed by atoms with Gasteiger partial charge in [-0.05, 0) is 36.2 Å². The number of hydrogen-bond acceptors (Lipinski definition) is 5. The number of nitrogens with one attached hydrogen (secondary N) is 1. The van der Waals surface area contributed by atoms with E-state index in [0.717, 1.165) is 12.1 Å². The summed E-state index contributed by atoms with van der Waals surface area (Å²) in [5.74, 6) is -0.688. The zero-order valence-electron chi connectivity index (χ0n) is 15.0. The molecule has 0 unspecified atom stereocenters. The number of benzene rings is 1. The van der Waals surface area contributed by atoms with Gasteiger partial charge in [0.05, 0.1) is 18.9 Å². The molecule has 1 aromatic heterocycles. The Balaban J connectivity index is 1.69. The molecule has 1 N–H and O–H groups in total. The fourth-order valence-corrected chi connectivity index (χ4v) is 3.26. The number of likely N-dealkylation sites (tertiary alicyclic amines) is 1. The van der Waals surface area contributed by atoms with Gasteiger partial charge >= 0.3 is 12.1 Å². The van der Waals surface area contributed by atoms with E-state index in [-0.39, 0.29) is 18.3 Å². The van der Waals surface area contributed by atoms with Crippen molar-refractivity contribution in [1.29, 1.82) is 0 Å². The third-order valence-electron chi connectivity index (χ3n) is 4.62. The lowest BCUT2D eigenvalue weighted by atomic mass is 10.1. The van der Waals surface area contributed by atoms with Crippen LogP contribution in [0.15, 0.2) is 47.1 Å². The number of carbonyl (C=O) groups is 2. The Morgan fingerprint density at radius 2 is 1.96 bits per heavy atom. The van der Waals surface area contributed by atoms with Crippen molar-refractivity contribution in [3.8, 4) is 0 Å². The van der Waals surface area contributed by atoms with Crippen molar-refractivity contribution >= 4 is 11.9 Å². The normalized spacial score (nSPS) is 20.1. The van der Waals surface area contributed by atoms with Crippen molar-refractivity contribution < 1.29 is 31.9 Å². The molecule has 0 saturated carbocycles. The summed E-state index contributed by atoms with van der Waals surface area (Å²) in [6.07, 6.45) is -2.68. The zero-order chi connectivity index (χ0) is 20.3. The van der Waals surface area contributed by atoms with Gasteiger partial charge in [-0.25, -0.2) is 0 Å². The average molecular weight is 396 g/mol. The predicted molar refractivity (Wildman–Crippen MR) is 92.2 cm³/mol. The summed E-state index contributed by atoms with van der Waals surface area (Å²) in [7, 11) is 1.27. The van der Waals surface area contributed by atoms with Crippen molar-refractivity contribution in [2.24, 2.45) is 0 Å². The molecule has 1 fully saturated rings.